The zero-order valence-corrected chi connectivity index (χ0v) is 21.4. The highest BCUT2D eigenvalue weighted by atomic mass is 32.2. The van der Waals surface area contributed by atoms with E-state index in [1.165, 1.54) is 38.3 Å². The molecule has 0 N–H and O–H groups in total. The first-order chi connectivity index (χ1) is 17.1. The normalized spacial score (nSPS) is 24.0. The van der Waals surface area contributed by atoms with Crippen LogP contribution >= 0.6 is 11.8 Å². The smallest absolute Gasteiger partial charge is 0.338 e. The summed E-state index contributed by atoms with van der Waals surface area (Å²) < 4.78 is 52.3. The van der Waals surface area contributed by atoms with Crippen LogP contribution in [0.5, 0.6) is 0 Å². The van der Waals surface area contributed by atoms with Crippen LogP contribution in [0.1, 0.15) is 27.6 Å². The predicted octanol–water partition coefficient (Wildman–Crippen LogP) is 2.43. The monoisotopic (exact) mass is 538 g/mol. The van der Waals surface area contributed by atoms with Gasteiger partial charge in [0.15, 0.2) is 29.7 Å². The molecule has 0 unspecified atom stereocenters. The fourth-order valence-corrected chi connectivity index (χ4v) is 4.80. The molecule has 1 saturated heterocycles. The van der Waals surface area contributed by atoms with Gasteiger partial charge < -0.3 is 18.9 Å². The quantitative estimate of drug-likeness (QED) is 0.344. The van der Waals surface area contributed by atoms with Crippen molar-refractivity contribution in [2.24, 2.45) is 0 Å². The standard InChI is InChI=1S/C24H26O10S2/c1-15(25)35-14-18-19(32-22(26)16-10-6-4-7-11-16)20(34-36(3,28)29)21(24(30-2)31-18)33-23(27)17-12-8-5-9-13-17/h4-13,18-21,24H,14H2,1-3H3/t18-,19-,20+,21-,24+/m1/s1. The highest BCUT2D eigenvalue weighted by molar-refractivity contribution is 8.13. The molecule has 0 saturated carbocycles. The SMILES string of the molecule is CO[C@H]1O[C@H](CSC(C)=O)[C@@H](OC(=O)c2ccccc2)[C@H](OS(C)(=O)=O)[C@H]1OC(=O)c1ccccc1. The van der Waals surface area contributed by atoms with Gasteiger partial charge in [0, 0.05) is 19.8 Å². The molecule has 1 aliphatic rings. The number of rotatable bonds is 9. The van der Waals surface area contributed by atoms with Crippen molar-refractivity contribution in [1.82, 2.24) is 0 Å². The molecule has 1 heterocycles. The van der Waals surface area contributed by atoms with Crippen LogP contribution in [-0.4, -0.2) is 75.3 Å². The third-order valence-corrected chi connectivity index (χ3v) is 6.54. The van der Waals surface area contributed by atoms with Crippen molar-refractivity contribution in [2.75, 3.05) is 19.1 Å². The number of thioether (sulfide) groups is 1. The average Bonchev–Trinajstić information content (AvgIpc) is 2.85. The van der Waals surface area contributed by atoms with Crippen LogP contribution in [0.3, 0.4) is 0 Å². The molecule has 0 radical (unpaired) electrons. The van der Waals surface area contributed by atoms with Gasteiger partial charge >= 0.3 is 11.9 Å². The van der Waals surface area contributed by atoms with E-state index in [0.29, 0.717) is 0 Å². The Morgan fingerprint density at radius 2 is 1.36 bits per heavy atom. The number of carbonyl (C=O) groups is 3. The van der Waals surface area contributed by atoms with Gasteiger partial charge in [-0.1, -0.05) is 48.2 Å². The molecule has 1 fully saturated rings. The summed E-state index contributed by atoms with van der Waals surface area (Å²) in [6.45, 7) is 1.35. The molecule has 0 spiro atoms. The Morgan fingerprint density at radius 3 is 1.81 bits per heavy atom. The predicted molar refractivity (Wildman–Crippen MR) is 130 cm³/mol. The van der Waals surface area contributed by atoms with Gasteiger partial charge in [0.05, 0.1) is 17.4 Å². The second kappa shape index (κ2) is 12.5. The summed E-state index contributed by atoms with van der Waals surface area (Å²) in [5, 5.41) is -0.237. The summed E-state index contributed by atoms with van der Waals surface area (Å²) in [4.78, 5) is 37.4. The zero-order valence-electron chi connectivity index (χ0n) is 19.8. The number of ether oxygens (including phenoxy) is 4. The average molecular weight is 539 g/mol. The van der Waals surface area contributed by atoms with Crippen LogP contribution in [-0.2, 0) is 38.0 Å². The van der Waals surface area contributed by atoms with E-state index in [4.69, 9.17) is 23.1 Å². The molecule has 10 nitrogen and oxygen atoms in total. The summed E-state index contributed by atoms with van der Waals surface area (Å²) in [6, 6.07) is 16.0. The van der Waals surface area contributed by atoms with Gasteiger partial charge in [0.2, 0.25) is 0 Å². The fourth-order valence-electron chi connectivity index (χ4n) is 3.51. The zero-order chi connectivity index (χ0) is 26.3. The van der Waals surface area contributed by atoms with Gasteiger partial charge in [-0.15, -0.1) is 0 Å². The molecule has 194 valence electrons. The second-order valence-corrected chi connectivity index (χ2v) is 10.6. The highest BCUT2D eigenvalue weighted by Crippen LogP contribution is 2.32. The minimum absolute atomic E-state index is 0.00902. The van der Waals surface area contributed by atoms with E-state index >= 15 is 0 Å². The van der Waals surface area contributed by atoms with E-state index in [1.54, 1.807) is 36.4 Å². The van der Waals surface area contributed by atoms with Crippen molar-refractivity contribution in [3.63, 3.8) is 0 Å². The largest absolute Gasteiger partial charge is 0.453 e. The van der Waals surface area contributed by atoms with Crippen molar-refractivity contribution >= 4 is 38.9 Å². The van der Waals surface area contributed by atoms with Crippen LogP contribution in [0.2, 0.25) is 0 Å². The third-order valence-electron chi connectivity index (χ3n) is 5.07. The van der Waals surface area contributed by atoms with E-state index in [-0.39, 0.29) is 22.0 Å². The molecule has 2 aromatic carbocycles. The molecular weight excluding hydrogens is 512 g/mol. The van der Waals surface area contributed by atoms with Gasteiger partial charge in [0.25, 0.3) is 10.1 Å². The summed E-state index contributed by atoms with van der Waals surface area (Å²) in [6.07, 6.45) is -5.85. The van der Waals surface area contributed by atoms with Gasteiger partial charge in [-0.3, -0.25) is 8.98 Å². The number of hydrogen-bond acceptors (Lipinski definition) is 11. The molecule has 2 aromatic rings. The van der Waals surface area contributed by atoms with Crippen LogP contribution < -0.4 is 0 Å². The molecule has 0 aliphatic carbocycles. The Bertz CT molecular complexity index is 1150. The molecule has 0 bridgehead atoms. The number of carbonyl (C=O) groups excluding carboxylic acids is 3. The Balaban J connectivity index is 1.99. The lowest BCUT2D eigenvalue weighted by Crippen LogP contribution is -2.62. The van der Waals surface area contributed by atoms with Gasteiger partial charge in [-0.25, -0.2) is 9.59 Å². The number of esters is 2. The van der Waals surface area contributed by atoms with Crippen molar-refractivity contribution < 1.29 is 45.9 Å². The molecular formula is C24H26O10S2. The van der Waals surface area contributed by atoms with Crippen molar-refractivity contribution in [3.05, 3.63) is 71.8 Å². The van der Waals surface area contributed by atoms with Gasteiger partial charge in [-0.05, 0) is 24.3 Å². The lowest BCUT2D eigenvalue weighted by Gasteiger charge is -2.43. The summed E-state index contributed by atoms with van der Waals surface area (Å²) >= 11 is 0.885. The summed E-state index contributed by atoms with van der Waals surface area (Å²) in [5.41, 5.74) is 0.387. The van der Waals surface area contributed by atoms with E-state index < -0.39 is 52.8 Å². The molecule has 12 heteroatoms. The lowest BCUT2D eigenvalue weighted by molar-refractivity contribution is -0.278. The Morgan fingerprint density at radius 1 is 0.861 bits per heavy atom. The lowest BCUT2D eigenvalue weighted by atomic mass is 9.99. The topological polar surface area (TPSA) is 132 Å². The van der Waals surface area contributed by atoms with Crippen molar-refractivity contribution in [1.29, 1.82) is 0 Å². The maximum Gasteiger partial charge on any atom is 0.338 e. The van der Waals surface area contributed by atoms with Crippen molar-refractivity contribution in [3.8, 4) is 0 Å². The fraction of sp³-hybridized carbons (Fsp3) is 0.375. The van der Waals surface area contributed by atoms with E-state index in [1.807, 2.05) is 0 Å². The van der Waals surface area contributed by atoms with Crippen LogP contribution in [0, 0.1) is 0 Å². The molecule has 1 aliphatic heterocycles. The highest BCUT2D eigenvalue weighted by Gasteiger charge is 2.52. The van der Waals surface area contributed by atoms with Crippen LogP contribution in [0.15, 0.2) is 60.7 Å². The number of methoxy groups -OCH3 is 1. The summed E-state index contributed by atoms with van der Waals surface area (Å²) in [7, 11) is -2.87. The third kappa shape index (κ3) is 7.61. The second-order valence-electron chi connectivity index (χ2n) is 7.82. The first-order valence-electron chi connectivity index (χ1n) is 10.8. The maximum absolute atomic E-state index is 12.9. The molecule has 36 heavy (non-hydrogen) atoms. The minimum Gasteiger partial charge on any atom is -0.453 e. The number of hydrogen-bond donors (Lipinski definition) is 0. The molecule has 5 atom stereocenters. The Labute approximate surface area is 213 Å². The maximum atomic E-state index is 12.9. The Hall–Kier alpha value is -2.77. The molecule has 0 aromatic heterocycles. The molecule has 3 rings (SSSR count). The van der Waals surface area contributed by atoms with E-state index in [0.717, 1.165) is 18.0 Å². The number of benzene rings is 2. The summed E-state index contributed by atoms with van der Waals surface area (Å²) in [5.74, 6) is -1.59. The molecule has 0 amide bonds. The minimum atomic E-state index is -4.14. The van der Waals surface area contributed by atoms with Crippen molar-refractivity contribution in [2.45, 2.75) is 37.6 Å². The Kier molecular flexibility index (Phi) is 9.63. The van der Waals surface area contributed by atoms with Gasteiger partial charge in [-0.2, -0.15) is 8.42 Å². The first-order valence-corrected chi connectivity index (χ1v) is 13.6. The first kappa shape index (κ1) is 27.8. The van der Waals surface area contributed by atoms with Gasteiger partial charge in [0.1, 0.15) is 6.10 Å². The van der Waals surface area contributed by atoms with E-state index in [9.17, 15) is 22.8 Å². The van der Waals surface area contributed by atoms with Crippen LogP contribution in [0.25, 0.3) is 0 Å². The van der Waals surface area contributed by atoms with E-state index in [2.05, 4.69) is 0 Å². The van der Waals surface area contributed by atoms with Crippen LogP contribution in [0.4, 0.5) is 0 Å².